The van der Waals surface area contributed by atoms with E-state index in [4.69, 9.17) is 17.3 Å². The van der Waals surface area contributed by atoms with Gasteiger partial charge in [0, 0.05) is 29.5 Å². The first kappa shape index (κ1) is 12.3. The van der Waals surface area contributed by atoms with Gasteiger partial charge in [-0.1, -0.05) is 23.7 Å². The van der Waals surface area contributed by atoms with Gasteiger partial charge in [0.05, 0.1) is 0 Å². The van der Waals surface area contributed by atoms with E-state index in [1.807, 2.05) is 12.1 Å². The van der Waals surface area contributed by atoms with Crippen molar-refractivity contribution in [3.05, 3.63) is 58.4 Å². The molecule has 2 aromatic carbocycles. The van der Waals surface area contributed by atoms with Gasteiger partial charge in [0.25, 0.3) is 0 Å². The molecule has 0 spiro atoms. The SMILES string of the molecule is Nc1ccc2c(c1)N(Cc1ccc(F)cc1Cl)CC2. The monoisotopic (exact) mass is 276 g/mol. The predicted molar refractivity (Wildman–Crippen MR) is 77.0 cm³/mol. The molecule has 2 N–H and O–H groups in total. The Kier molecular flexibility index (Phi) is 3.07. The summed E-state index contributed by atoms with van der Waals surface area (Å²) >= 11 is 6.07. The molecule has 0 unspecified atom stereocenters. The molecule has 1 aliphatic heterocycles. The van der Waals surface area contributed by atoms with Crippen molar-refractivity contribution in [2.75, 3.05) is 17.2 Å². The molecule has 4 heteroatoms. The second-order valence-electron chi connectivity index (χ2n) is 4.80. The average molecular weight is 277 g/mol. The van der Waals surface area contributed by atoms with Gasteiger partial charge in [0.1, 0.15) is 5.82 Å². The number of rotatable bonds is 2. The van der Waals surface area contributed by atoms with Gasteiger partial charge in [-0.05, 0) is 41.8 Å². The third-order valence-corrected chi connectivity index (χ3v) is 3.83. The second kappa shape index (κ2) is 4.74. The Labute approximate surface area is 116 Å². The van der Waals surface area contributed by atoms with Crippen LogP contribution in [0.25, 0.3) is 0 Å². The van der Waals surface area contributed by atoms with Crippen molar-refractivity contribution in [1.82, 2.24) is 0 Å². The van der Waals surface area contributed by atoms with Crippen molar-refractivity contribution >= 4 is 23.0 Å². The Morgan fingerprint density at radius 3 is 2.84 bits per heavy atom. The summed E-state index contributed by atoms with van der Waals surface area (Å²) in [5, 5.41) is 0.470. The Morgan fingerprint density at radius 1 is 1.21 bits per heavy atom. The minimum absolute atomic E-state index is 0.306. The molecule has 0 radical (unpaired) electrons. The number of benzene rings is 2. The lowest BCUT2D eigenvalue weighted by atomic mass is 10.1. The number of nitrogen functional groups attached to an aromatic ring is 1. The molecule has 0 saturated carbocycles. The van der Waals surface area contributed by atoms with Gasteiger partial charge in [0.15, 0.2) is 0 Å². The van der Waals surface area contributed by atoms with E-state index in [2.05, 4.69) is 11.0 Å². The second-order valence-corrected chi connectivity index (χ2v) is 5.20. The third-order valence-electron chi connectivity index (χ3n) is 3.48. The average Bonchev–Trinajstić information content (AvgIpc) is 2.75. The van der Waals surface area contributed by atoms with Gasteiger partial charge in [-0.3, -0.25) is 0 Å². The molecule has 0 saturated heterocycles. The lowest BCUT2D eigenvalue weighted by Gasteiger charge is -2.20. The minimum atomic E-state index is -0.306. The van der Waals surface area contributed by atoms with Crippen molar-refractivity contribution in [1.29, 1.82) is 0 Å². The van der Waals surface area contributed by atoms with Crippen LogP contribution in [0.2, 0.25) is 5.02 Å². The van der Waals surface area contributed by atoms with Crippen LogP contribution in [0.5, 0.6) is 0 Å². The Bertz CT molecular complexity index is 628. The molecule has 0 aromatic heterocycles. The maximum Gasteiger partial charge on any atom is 0.124 e. The Balaban J connectivity index is 1.88. The Morgan fingerprint density at radius 2 is 2.05 bits per heavy atom. The maximum atomic E-state index is 13.0. The number of hydrogen-bond acceptors (Lipinski definition) is 2. The number of nitrogens with two attached hydrogens (primary N) is 1. The zero-order valence-electron chi connectivity index (χ0n) is 10.4. The third kappa shape index (κ3) is 2.38. The first-order valence-electron chi connectivity index (χ1n) is 6.21. The number of anilines is 2. The standard InChI is InChI=1S/C15H14ClFN2/c16-14-7-12(17)3-1-11(14)9-19-6-5-10-2-4-13(18)8-15(10)19/h1-4,7-8H,5-6,9,18H2. The molecular formula is C15H14ClFN2. The van der Waals surface area contributed by atoms with E-state index in [9.17, 15) is 4.39 Å². The van der Waals surface area contributed by atoms with Crippen molar-refractivity contribution in [3.63, 3.8) is 0 Å². The van der Waals surface area contributed by atoms with Crippen LogP contribution in [0.3, 0.4) is 0 Å². The highest BCUT2D eigenvalue weighted by Gasteiger charge is 2.20. The van der Waals surface area contributed by atoms with Gasteiger partial charge < -0.3 is 10.6 Å². The van der Waals surface area contributed by atoms with Crippen LogP contribution in [0, 0.1) is 5.82 Å². The molecule has 98 valence electrons. The van der Waals surface area contributed by atoms with Crippen LogP contribution >= 0.6 is 11.6 Å². The number of fused-ring (bicyclic) bond motifs is 1. The van der Waals surface area contributed by atoms with Crippen LogP contribution in [0.1, 0.15) is 11.1 Å². The van der Waals surface area contributed by atoms with Crippen LogP contribution in [-0.2, 0) is 13.0 Å². The van der Waals surface area contributed by atoms with E-state index < -0.39 is 0 Å². The quantitative estimate of drug-likeness (QED) is 0.849. The highest BCUT2D eigenvalue weighted by Crippen LogP contribution is 2.32. The van der Waals surface area contributed by atoms with Crippen LogP contribution in [0.15, 0.2) is 36.4 Å². The summed E-state index contributed by atoms with van der Waals surface area (Å²) < 4.78 is 13.0. The molecule has 0 bridgehead atoms. The normalized spacial score (nSPS) is 13.7. The lowest BCUT2D eigenvalue weighted by Crippen LogP contribution is -2.20. The molecule has 0 aliphatic carbocycles. The molecular weight excluding hydrogens is 263 g/mol. The summed E-state index contributed by atoms with van der Waals surface area (Å²) in [5.41, 5.74) is 9.97. The molecule has 1 aliphatic rings. The summed E-state index contributed by atoms with van der Waals surface area (Å²) in [7, 11) is 0. The van der Waals surface area contributed by atoms with Crippen LogP contribution < -0.4 is 10.6 Å². The van der Waals surface area contributed by atoms with Gasteiger partial charge in [-0.15, -0.1) is 0 Å². The van der Waals surface area contributed by atoms with E-state index in [0.717, 1.165) is 29.9 Å². The summed E-state index contributed by atoms with van der Waals surface area (Å²) in [4.78, 5) is 2.23. The van der Waals surface area contributed by atoms with Crippen molar-refractivity contribution in [2.24, 2.45) is 0 Å². The molecule has 2 aromatic rings. The number of nitrogens with zero attached hydrogens (tertiary/aromatic N) is 1. The number of halogens is 2. The fourth-order valence-corrected chi connectivity index (χ4v) is 2.71. The highest BCUT2D eigenvalue weighted by atomic mass is 35.5. The van der Waals surface area contributed by atoms with Gasteiger partial charge >= 0.3 is 0 Å². The molecule has 0 atom stereocenters. The molecule has 1 heterocycles. The van der Waals surface area contributed by atoms with Crippen LogP contribution in [-0.4, -0.2) is 6.54 Å². The smallest absolute Gasteiger partial charge is 0.124 e. The zero-order valence-corrected chi connectivity index (χ0v) is 11.1. The fraction of sp³-hybridized carbons (Fsp3) is 0.200. The van der Waals surface area contributed by atoms with E-state index >= 15 is 0 Å². The largest absolute Gasteiger partial charge is 0.399 e. The molecule has 19 heavy (non-hydrogen) atoms. The molecule has 2 nitrogen and oxygen atoms in total. The summed E-state index contributed by atoms with van der Waals surface area (Å²) in [6.45, 7) is 1.61. The fourth-order valence-electron chi connectivity index (χ4n) is 2.48. The van der Waals surface area contributed by atoms with Gasteiger partial charge in [-0.25, -0.2) is 4.39 Å². The van der Waals surface area contributed by atoms with Gasteiger partial charge in [0.2, 0.25) is 0 Å². The summed E-state index contributed by atoms with van der Waals surface area (Å²) in [6, 6.07) is 10.5. The topological polar surface area (TPSA) is 29.3 Å². The van der Waals surface area contributed by atoms with Crippen molar-refractivity contribution in [3.8, 4) is 0 Å². The number of hydrogen-bond donors (Lipinski definition) is 1. The van der Waals surface area contributed by atoms with Crippen molar-refractivity contribution < 1.29 is 4.39 Å². The molecule has 3 rings (SSSR count). The minimum Gasteiger partial charge on any atom is -0.399 e. The highest BCUT2D eigenvalue weighted by molar-refractivity contribution is 6.31. The summed E-state index contributed by atoms with van der Waals surface area (Å²) in [6.07, 6.45) is 1.01. The Hall–Kier alpha value is -1.74. The zero-order chi connectivity index (χ0) is 13.4. The van der Waals surface area contributed by atoms with Crippen molar-refractivity contribution in [2.45, 2.75) is 13.0 Å². The first-order chi connectivity index (χ1) is 9.13. The van der Waals surface area contributed by atoms with E-state index in [0.29, 0.717) is 11.6 Å². The molecule has 0 amide bonds. The van der Waals surface area contributed by atoms with E-state index in [1.54, 1.807) is 6.07 Å². The summed E-state index contributed by atoms with van der Waals surface area (Å²) in [5.74, 6) is -0.306. The van der Waals surface area contributed by atoms with E-state index in [1.165, 1.54) is 17.7 Å². The van der Waals surface area contributed by atoms with E-state index in [-0.39, 0.29) is 5.82 Å². The van der Waals surface area contributed by atoms with Crippen LogP contribution in [0.4, 0.5) is 15.8 Å². The maximum absolute atomic E-state index is 13.0. The first-order valence-corrected chi connectivity index (χ1v) is 6.58. The predicted octanol–water partition coefficient (Wildman–Crippen LogP) is 3.62. The molecule has 0 fully saturated rings. The van der Waals surface area contributed by atoms with Gasteiger partial charge in [-0.2, -0.15) is 0 Å². The lowest BCUT2D eigenvalue weighted by molar-refractivity contribution is 0.627.